The molecule has 2 aromatic carbocycles. The Hall–Kier alpha value is -3.74. The number of esters is 2. The van der Waals surface area contributed by atoms with Gasteiger partial charge in [-0.05, 0) is 36.8 Å². The van der Waals surface area contributed by atoms with Gasteiger partial charge in [0, 0.05) is 19.5 Å². The molecule has 0 unspecified atom stereocenters. The van der Waals surface area contributed by atoms with Crippen LogP contribution in [-0.4, -0.2) is 23.6 Å². The van der Waals surface area contributed by atoms with Gasteiger partial charge in [0.2, 0.25) is 5.76 Å². The molecular formula is C22H19NO6. The summed E-state index contributed by atoms with van der Waals surface area (Å²) in [5.74, 6) is -2.07. The van der Waals surface area contributed by atoms with Crippen LogP contribution >= 0.6 is 0 Å². The molecule has 0 spiro atoms. The third kappa shape index (κ3) is 4.08. The Labute approximate surface area is 167 Å². The number of ketones is 1. The molecule has 0 N–H and O–H groups in total. The van der Waals surface area contributed by atoms with Crippen molar-refractivity contribution in [1.82, 2.24) is 0 Å². The first kappa shape index (κ1) is 20.0. The SMILES string of the molecule is CC(=O)OC1=C(C(C)=O)[C@H](c2ccccc2)N(c2ccc(OC(C)=O)cc2)C1=O. The Morgan fingerprint density at radius 1 is 0.828 bits per heavy atom. The van der Waals surface area contributed by atoms with E-state index in [0.717, 1.165) is 0 Å². The van der Waals surface area contributed by atoms with Crippen molar-refractivity contribution in [2.75, 3.05) is 4.90 Å². The van der Waals surface area contributed by atoms with Crippen molar-refractivity contribution >= 4 is 29.3 Å². The van der Waals surface area contributed by atoms with Gasteiger partial charge < -0.3 is 9.47 Å². The van der Waals surface area contributed by atoms with Crippen LogP contribution in [0.2, 0.25) is 0 Å². The summed E-state index contributed by atoms with van der Waals surface area (Å²) < 4.78 is 10.2. The van der Waals surface area contributed by atoms with E-state index in [0.29, 0.717) is 17.0 Å². The quantitative estimate of drug-likeness (QED) is 0.573. The van der Waals surface area contributed by atoms with Crippen LogP contribution in [-0.2, 0) is 23.9 Å². The van der Waals surface area contributed by atoms with Crippen molar-refractivity contribution in [3.63, 3.8) is 0 Å². The standard InChI is InChI=1S/C22H19NO6/c1-13(24)19-20(16-7-5-4-6-8-16)23(22(27)21(19)29-15(3)26)17-9-11-18(12-10-17)28-14(2)25/h4-12,20H,1-3H3/t20-/m0/s1. The summed E-state index contributed by atoms with van der Waals surface area (Å²) in [5, 5.41) is 0. The largest absolute Gasteiger partial charge is 0.427 e. The van der Waals surface area contributed by atoms with Crippen LogP contribution in [0.1, 0.15) is 32.4 Å². The van der Waals surface area contributed by atoms with E-state index in [2.05, 4.69) is 0 Å². The van der Waals surface area contributed by atoms with Crippen molar-refractivity contribution in [1.29, 1.82) is 0 Å². The first-order valence-electron chi connectivity index (χ1n) is 8.90. The number of hydrogen-bond donors (Lipinski definition) is 0. The van der Waals surface area contributed by atoms with Crippen LogP contribution in [0.4, 0.5) is 5.69 Å². The molecule has 0 bridgehead atoms. The molecular weight excluding hydrogens is 374 g/mol. The summed E-state index contributed by atoms with van der Waals surface area (Å²) in [6, 6.07) is 14.5. The third-order valence-corrected chi connectivity index (χ3v) is 4.31. The van der Waals surface area contributed by atoms with E-state index >= 15 is 0 Å². The number of carbonyl (C=O) groups excluding carboxylic acids is 4. The molecule has 3 rings (SSSR count). The highest BCUT2D eigenvalue weighted by molar-refractivity contribution is 6.17. The lowest BCUT2D eigenvalue weighted by molar-refractivity contribution is -0.140. The monoisotopic (exact) mass is 393 g/mol. The van der Waals surface area contributed by atoms with Crippen molar-refractivity contribution in [2.24, 2.45) is 0 Å². The zero-order valence-corrected chi connectivity index (χ0v) is 16.2. The normalized spacial score (nSPS) is 16.0. The number of anilines is 1. The van der Waals surface area contributed by atoms with E-state index in [-0.39, 0.29) is 17.1 Å². The van der Waals surface area contributed by atoms with Gasteiger partial charge in [-0.1, -0.05) is 30.3 Å². The molecule has 1 amide bonds. The van der Waals surface area contributed by atoms with Crippen molar-refractivity contribution in [3.8, 4) is 5.75 Å². The fourth-order valence-corrected chi connectivity index (χ4v) is 3.25. The van der Waals surface area contributed by atoms with Crippen molar-refractivity contribution in [3.05, 3.63) is 71.5 Å². The van der Waals surface area contributed by atoms with Crippen LogP contribution in [0.5, 0.6) is 5.75 Å². The summed E-state index contributed by atoms with van der Waals surface area (Å²) in [7, 11) is 0. The summed E-state index contributed by atoms with van der Waals surface area (Å²) in [5.41, 5.74) is 1.26. The van der Waals surface area contributed by atoms with Gasteiger partial charge in [-0.15, -0.1) is 0 Å². The molecule has 0 saturated carbocycles. The predicted octanol–water partition coefficient (Wildman–Crippen LogP) is 3.11. The maximum absolute atomic E-state index is 13.2. The number of ether oxygens (including phenoxy) is 2. The molecule has 2 aromatic rings. The van der Waals surface area contributed by atoms with Crippen molar-refractivity contribution in [2.45, 2.75) is 26.8 Å². The molecule has 148 valence electrons. The summed E-state index contributed by atoms with van der Waals surface area (Å²) in [6.07, 6.45) is 0. The molecule has 0 aliphatic carbocycles. The number of carbonyl (C=O) groups is 4. The summed E-state index contributed by atoms with van der Waals surface area (Å²) >= 11 is 0. The molecule has 7 heteroatoms. The minimum absolute atomic E-state index is 0.112. The fourth-order valence-electron chi connectivity index (χ4n) is 3.25. The Balaban J connectivity index is 2.12. The molecule has 7 nitrogen and oxygen atoms in total. The van der Waals surface area contributed by atoms with E-state index in [4.69, 9.17) is 9.47 Å². The molecule has 0 saturated heterocycles. The molecule has 1 aliphatic heterocycles. The fraction of sp³-hybridized carbons (Fsp3) is 0.182. The Kier molecular flexibility index (Phi) is 5.59. The highest BCUT2D eigenvalue weighted by Crippen LogP contribution is 2.42. The average Bonchev–Trinajstić information content (AvgIpc) is 2.95. The third-order valence-electron chi connectivity index (χ3n) is 4.31. The highest BCUT2D eigenvalue weighted by atomic mass is 16.5. The lowest BCUT2D eigenvalue weighted by Gasteiger charge is -2.26. The van der Waals surface area contributed by atoms with Crippen molar-refractivity contribution < 1.29 is 28.7 Å². The van der Waals surface area contributed by atoms with Crippen LogP contribution < -0.4 is 9.64 Å². The van der Waals surface area contributed by atoms with Crippen LogP contribution in [0, 0.1) is 0 Å². The first-order valence-corrected chi connectivity index (χ1v) is 8.90. The molecule has 1 heterocycles. The van der Waals surface area contributed by atoms with Crippen LogP contribution in [0.15, 0.2) is 65.9 Å². The summed E-state index contributed by atoms with van der Waals surface area (Å²) in [4.78, 5) is 49.7. The van der Waals surface area contributed by atoms with Gasteiger partial charge >= 0.3 is 11.9 Å². The zero-order chi connectivity index (χ0) is 21.1. The van der Waals surface area contributed by atoms with Gasteiger partial charge in [0.1, 0.15) is 5.75 Å². The second-order valence-electron chi connectivity index (χ2n) is 6.47. The highest BCUT2D eigenvalue weighted by Gasteiger charge is 2.44. The maximum atomic E-state index is 13.2. The van der Waals surface area contributed by atoms with E-state index in [1.165, 1.54) is 25.7 Å². The average molecular weight is 393 g/mol. The number of rotatable bonds is 5. The Morgan fingerprint density at radius 2 is 1.41 bits per heavy atom. The number of benzene rings is 2. The lowest BCUT2D eigenvalue weighted by Crippen LogP contribution is -2.31. The van der Waals surface area contributed by atoms with E-state index in [1.54, 1.807) is 48.5 Å². The Bertz CT molecular complexity index is 1010. The number of Topliss-reactive ketones (excluding diaryl/α,β-unsaturated/α-hetero) is 1. The second kappa shape index (κ2) is 8.10. The Morgan fingerprint density at radius 3 is 1.93 bits per heavy atom. The van der Waals surface area contributed by atoms with E-state index < -0.39 is 23.9 Å². The zero-order valence-electron chi connectivity index (χ0n) is 16.2. The smallest absolute Gasteiger partial charge is 0.308 e. The number of hydrogen-bond acceptors (Lipinski definition) is 6. The van der Waals surface area contributed by atoms with Gasteiger partial charge in [0.05, 0.1) is 11.6 Å². The minimum atomic E-state index is -0.755. The topological polar surface area (TPSA) is 90.0 Å². The minimum Gasteiger partial charge on any atom is -0.427 e. The lowest BCUT2D eigenvalue weighted by atomic mass is 9.96. The number of nitrogens with zero attached hydrogens (tertiary/aromatic N) is 1. The van der Waals surface area contributed by atoms with E-state index in [9.17, 15) is 19.2 Å². The first-order chi connectivity index (χ1) is 13.8. The molecule has 0 aromatic heterocycles. The molecule has 29 heavy (non-hydrogen) atoms. The molecule has 0 fully saturated rings. The summed E-state index contributed by atoms with van der Waals surface area (Å²) in [6.45, 7) is 3.79. The predicted molar refractivity (Wildman–Crippen MR) is 104 cm³/mol. The molecule has 1 aliphatic rings. The maximum Gasteiger partial charge on any atom is 0.308 e. The van der Waals surface area contributed by atoms with Gasteiger partial charge in [-0.25, -0.2) is 0 Å². The van der Waals surface area contributed by atoms with E-state index in [1.807, 2.05) is 6.07 Å². The van der Waals surface area contributed by atoms with Gasteiger partial charge in [0.25, 0.3) is 5.91 Å². The molecule has 1 atom stereocenters. The van der Waals surface area contributed by atoms with Gasteiger partial charge in [-0.2, -0.15) is 0 Å². The van der Waals surface area contributed by atoms with Gasteiger partial charge in [0.15, 0.2) is 5.78 Å². The molecule has 0 radical (unpaired) electrons. The van der Waals surface area contributed by atoms with Crippen LogP contribution in [0.25, 0.3) is 0 Å². The number of amides is 1. The van der Waals surface area contributed by atoms with Crippen LogP contribution in [0.3, 0.4) is 0 Å². The second-order valence-corrected chi connectivity index (χ2v) is 6.47. The van der Waals surface area contributed by atoms with Gasteiger partial charge in [-0.3, -0.25) is 24.1 Å².